The minimum absolute atomic E-state index is 0.125. The smallest absolute Gasteiger partial charge is 0.282 e. The van der Waals surface area contributed by atoms with Crippen molar-refractivity contribution in [2.75, 3.05) is 7.11 Å². The summed E-state index contributed by atoms with van der Waals surface area (Å²) in [6.45, 7) is 0.157. The fourth-order valence-corrected chi connectivity index (χ4v) is 3.88. The van der Waals surface area contributed by atoms with Gasteiger partial charge >= 0.3 is 0 Å². The Labute approximate surface area is 179 Å². The molecule has 150 valence electrons. The molecule has 0 saturated heterocycles. The van der Waals surface area contributed by atoms with Crippen LogP contribution in [0.15, 0.2) is 76.0 Å². The summed E-state index contributed by atoms with van der Waals surface area (Å²) in [5.41, 5.74) is 1.21. The third kappa shape index (κ3) is 5.29. The molecule has 0 amide bonds. The predicted molar refractivity (Wildman–Crippen MR) is 115 cm³/mol. The van der Waals surface area contributed by atoms with E-state index in [0.29, 0.717) is 32.7 Å². The van der Waals surface area contributed by atoms with Gasteiger partial charge in [-0.3, -0.25) is 0 Å². The summed E-state index contributed by atoms with van der Waals surface area (Å²) in [4.78, 5) is 0.125. The molecule has 0 N–H and O–H groups in total. The van der Waals surface area contributed by atoms with Gasteiger partial charge in [0.15, 0.2) is 11.5 Å². The van der Waals surface area contributed by atoms with Crippen molar-refractivity contribution in [1.82, 2.24) is 0 Å². The van der Waals surface area contributed by atoms with Crippen molar-refractivity contribution >= 4 is 39.4 Å². The Morgan fingerprint density at radius 3 is 2.28 bits per heavy atom. The quantitative estimate of drug-likeness (QED) is 0.453. The SMILES string of the molecule is COc1cc(/C=N\S(=O)(=O)c2ccccc2)ccc1OCc1c(Cl)cccc1Cl. The van der Waals surface area contributed by atoms with Crippen molar-refractivity contribution in [2.45, 2.75) is 11.5 Å². The molecule has 0 aliphatic heterocycles. The maximum absolute atomic E-state index is 12.3. The molecule has 0 aromatic heterocycles. The van der Waals surface area contributed by atoms with E-state index in [4.69, 9.17) is 32.7 Å². The van der Waals surface area contributed by atoms with Crippen LogP contribution in [0, 0.1) is 0 Å². The molecule has 5 nitrogen and oxygen atoms in total. The van der Waals surface area contributed by atoms with E-state index in [1.165, 1.54) is 25.5 Å². The van der Waals surface area contributed by atoms with Gasteiger partial charge in [0.2, 0.25) is 0 Å². The summed E-state index contributed by atoms with van der Waals surface area (Å²) in [5.74, 6) is 0.890. The van der Waals surface area contributed by atoms with Crippen LogP contribution in [-0.4, -0.2) is 21.7 Å². The summed E-state index contributed by atoms with van der Waals surface area (Å²) in [5, 5.41) is 1.01. The molecule has 0 radical (unpaired) electrons. The molecule has 0 heterocycles. The molecular weight excluding hydrogens is 433 g/mol. The highest BCUT2D eigenvalue weighted by Crippen LogP contribution is 2.31. The van der Waals surface area contributed by atoms with Gasteiger partial charge in [0.25, 0.3) is 10.0 Å². The van der Waals surface area contributed by atoms with Gasteiger partial charge in [-0.1, -0.05) is 47.5 Å². The molecule has 0 unspecified atom stereocenters. The number of sulfonamides is 1. The van der Waals surface area contributed by atoms with E-state index >= 15 is 0 Å². The highest BCUT2D eigenvalue weighted by Gasteiger charge is 2.12. The van der Waals surface area contributed by atoms with Crippen molar-refractivity contribution < 1.29 is 17.9 Å². The van der Waals surface area contributed by atoms with E-state index in [1.54, 1.807) is 54.6 Å². The van der Waals surface area contributed by atoms with Crippen molar-refractivity contribution in [3.05, 3.63) is 87.9 Å². The fraction of sp³-hybridized carbons (Fsp3) is 0.0952. The first-order valence-electron chi connectivity index (χ1n) is 8.50. The number of benzene rings is 3. The van der Waals surface area contributed by atoms with Crippen LogP contribution in [0.5, 0.6) is 11.5 Å². The average Bonchev–Trinajstić information content (AvgIpc) is 2.73. The second-order valence-electron chi connectivity index (χ2n) is 5.92. The van der Waals surface area contributed by atoms with Gasteiger partial charge in [0.05, 0.1) is 12.0 Å². The Morgan fingerprint density at radius 1 is 0.931 bits per heavy atom. The largest absolute Gasteiger partial charge is 0.493 e. The molecule has 0 aliphatic carbocycles. The van der Waals surface area contributed by atoms with Crippen LogP contribution in [0.4, 0.5) is 0 Å². The molecule has 3 rings (SSSR count). The van der Waals surface area contributed by atoms with Crippen LogP contribution < -0.4 is 9.47 Å². The van der Waals surface area contributed by atoms with Crippen LogP contribution in [0.1, 0.15) is 11.1 Å². The van der Waals surface area contributed by atoms with Gasteiger partial charge in [0.1, 0.15) is 6.61 Å². The van der Waals surface area contributed by atoms with Crippen LogP contribution in [-0.2, 0) is 16.6 Å². The Morgan fingerprint density at radius 2 is 1.62 bits per heavy atom. The Balaban J connectivity index is 1.78. The second-order valence-corrected chi connectivity index (χ2v) is 8.37. The average molecular weight is 450 g/mol. The third-order valence-corrected chi connectivity index (χ3v) is 5.96. The first-order valence-corrected chi connectivity index (χ1v) is 10.7. The van der Waals surface area contributed by atoms with E-state index in [0.717, 1.165) is 0 Å². The lowest BCUT2D eigenvalue weighted by Crippen LogP contribution is -2.00. The van der Waals surface area contributed by atoms with Crippen molar-refractivity contribution in [2.24, 2.45) is 4.40 Å². The van der Waals surface area contributed by atoms with Crippen LogP contribution >= 0.6 is 23.2 Å². The van der Waals surface area contributed by atoms with E-state index in [-0.39, 0.29) is 11.5 Å². The van der Waals surface area contributed by atoms with Gasteiger partial charge < -0.3 is 9.47 Å². The molecule has 3 aromatic carbocycles. The Hall–Kier alpha value is -2.54. The van der Waals surface area contributed by atoms with E-state index in [2.05, 4.69) is 4.40 Å². The molecular formula is C21H17Cl2NO4S. The number of ether oxygens (including phenoxy) is 2. The minimum Gasteiger partial charge on any atom is -0.493 e. The lowest BCUT2D eigenvalue weighted by atomic mass is 10.2. The second kappa shape index (κ2) is 9.31. The molecule has 0 fully saturated rings. The fourth-order valence-electron chi connectivity index (χ4n) is 2.49. The summed E-state index contributed by atoms with van der Waals surface area (Å²) in [6, 6.07) is 18.2. The molecule has 3 aromatic rings. The van der Waals surface area contributed by atoms with Gasteiger partial charge in [-0.2, -0.15) is 12.8 Å². The zero-order valence-electron chi connectivity index (χ0n) is 15.4. The van der Waals surface area contributed by atoms with E-state index in [9.17, 15) is 8.42 Å². The number of rotatable bonds is 7. The summed E-state index contributed by atoms with van der Waals surface area (Å²) >= 11 is 12.3. The summed E-state index contributed by atoms with van der Waals surface area (Å²) < 4.78 is 39.4. The molecule has 0 aliphatic rings. The van der Waals surface area contributed by atoms with E-state index < -0.39 is 10.0 Å². The molecule has 29 heavy (non-hydrogen) atoms. The lowest BCUT2D eigenvalue weighted by molar-refractivity contribution is 0.284. The monoisotopic (exact) mass is 449 g/mol. The Bertz CT molecular complexity index is 1110. The maximum atomic E-state index is 12.3. The lowest BCUT2D eigenvalue weighted by Gasteiger charge is -2.13. The maximum Gasteiger partial charge on any atom is 0.282 e. The van der Waals surface area contributed by atoms with Gasteiger partial charge in [-0.25, -0.2) is 0 Å². The highest BCUT2D eigenvalue weighted by molar-refractivity contribution is 7.90. The molecule has 0 bridgehead atoms. The van der Waals surface area contributed by atoms with Gasteiger partial charge in [-0.05, 0) is 48.0 Å². The van der Waals surface area contributed by atoms with Crippen LogP contribution in [0.25, 0.3) is 0 Å². The minimum atomic E-state index is -3.78. The summed E-state index contributed by atoms with van der Waals surface area (Å²) in [6.07, 6.45) is 1.26. The van der Waals surface area contributed by atoms with Gasteiger partial charge in [0, 0.05) is 21.8 Å². The van der Waals surface area contributed by atoms with Gasteiger partial charge in [-0.15, -0.1) is 0 Å². The molecule has 0 spiro atoms. The molecule has 0 atom stereocenters. The number of hydrogen-bond donors (Lipinski definition) is 0. The predicted octanol–water partition coefficient (Wildman–Crippen LogP) is 5.39. The molecule has 0 saturated carbocycles. The van der Waals surface area contributed by atoms with Crippen molar-refractivity contribution in [1.29, 1.82) is 0 Å². The Kier molecular flexibility index (Phi) is 6.79. The zero-order valence-corrected chi connectivity index (χ0v) is 17.7. The zero-order chi connectivity index (χ0) is 20.9. The first kappa shape index (κ1) is 21.2. The van der Waals surface area contributed by atoms with Crippen LogP contribution in [0.3, 0.4) is 0 Å². The third-order valence-electron chi connectivity index (χ3n) is 4.00. The topological polar surface area (TPSA) is 65.0 Å². The standard InChI is InChI=1S/C21H17Cl2NO4S/c1-27-21-12-15(13-24-29(25,26)16-6-3-2-4-7-16)10-11-20(21)28-14-17-18(22)8-5-9-19(17)23/h2-13H,14H2,1H3/b24-13-. The number of halogens is 2. The van der Waals surface area contributed by atoms with Crippen molar-refractivity contribution in [3.8, 4) is 11.5 Å². The molecule has 8 heteroatoms. The van der Waals surface area contributed by atoms with Crippen molar-refractivity contribution in [3.63, 3.8) is 0 Å². The number of methoxy groups -OCH3 is 1. The first-order chi connectivity index (χ1) is 13.9. The number of hydrogen-bond acceptors (Lipinski definition) is 4. The van der Waals surface area contributed by atoms with Crippen LogP contribution in [0.2, 0.25) is 10.0 Å². The summed E-state index contributed by atoms with van der Waals surface area (Å²) in [7, 11) is -2.28. The van der Waals surface area contributed by atoms with E-state index in [1.807, 2.05) is 0 Å². The normalized spacial score (nSPS) is 11.6. The number of nitrogens with zero attached hydrogens (tertiary/aromatic N) is 1. The highest BCUT2D eigenvalue weighted by atomic mass is 35.5.